The van der Waals surface area contributed by atoms with Crippen LogP contribution in [0, 0.1) is 0 Å². The lowest BCUT2D eigenvalue weighted by atomic mass is 9.83. The van der Waals surface area contributed by atoms with Gasteiger partial charge in [0.1, 0.15) is 5.75 Å². The predicted molar refractivity (Wildman–Crippen MR) is 78.9 cm³/mol. The molecule has 1 aliphatic carbocycles. The van der Waals surface area contributed by atoms with Crippen LogP contribution in [0.5, 0.6) is 5.75 Å². The molecule has 0 aliphatic heterocycles. The van der Waals surface area contributed by atoms with E-state index in [9.17, 15) is 14.7 Å². The van der Waals surface area contributed by atoms with Crippen molar-refractivity contribution in [2.45, 2.75) is 0 Å². The molecule has 3 nitrogen and oxygen atoms in total. The van der Waals surface area contributed by atoms with Crippen molar-refractivity contribution in [2.75, 3.05) is 0 Å². The number of benzene rings is 3. The Kier molecular flexibility index (Phi) is 2.27. The molecule has 100 valence electrons. The van der Waals surface area contributed by atoms with Gasteiger partial charge in [0.25, 0.3) is 0 Å². The smallest absolute Gasteiger partial charge is 0.194 e. The van der Waals surface area contributed by atoms with E-state index in [1.165, 1.54) is 0 Å². The zero-order chi connectivity index (χ0) is 14.6. The number of rotatable bonds is 0. The Hall–Kier alpha value is -2.94. The third-order valence-electron chi connectivity index (χ3n) is 3.90. The van der Waals surface area contributed by atoms with E-state index in [4.69, 9.17) is 0 Å². The maximum atomic E-state index is 12.6. The minimum Gasteiger partial charge on any atom is -0.507 e. The zero-order valence-corrected chi connectivity index (χ0v) is 11.0. The molecule has 4 rings (SSSR count). The SMILES string of the molecule is O=C1c2ccccc2C(=O)c2cc3c(O)cccc3cc21. The molecule has 0 spiro atoms. The van der Waals surface area contributed by atoms with Crippen molar-refractivity contribution >= 4 is 22.3 Å². The van der Waals surface area contributed by atoms with Crippen LogP contribution in [0.15, 0.2) is 54.6 Å². The summed E-state index contributed by atoms with van der Waals surface area (Å²) in [7, 11) is 0. The average Bonchev–Trinajstić information content (AvgIpc) is 2.52. The summed E-state index contributed by atoms with van der Waals surface area (Å²) in [5.41, 5.74) is 1.61. The summed E-state index contributed by atoms with van der Waals surface area (Å²) in [6.07, 6.45) is 0. The second-order valence-electron chi connectivity index (χ2n) is 5.10. The molecule has 0 fully saturated rings. The summed E-state index contributed by atoms with van der Waals surface area (Å²) < 4.78 is 0. The van der Waals surface area contributed by atoms with Crippen molar-refractivity contribution in [1.82, 2.24) is 0 Å². The van der Waals surface area contributed by atoms with Crippen molar-refractivity contribution in [3.8, 4) is 5.75 Å². The first kappa shape index (κ1) is 11.9. The second-order valence-corrected chi connectivity index (χ2v) is 5.10. The van der Waals surface area contributed by atoms with Crippen LogP contribution >= 0.6 is 0 Å². The van der Waals surface area contributed by atoms with Crippen LogP contribution in [0.2, 0.25) is 0 Å². The topological polar surface area (TPSA) is 54.4 Å². The van der Waals surface area contributed by atoms with Gasteiger partial charge in [0.15, 0.2) is 11.6 Å². The van der Waals surface area contributed by atoms with Gasteiger partial charge in [-0.3, -0.25) is 9.59 Å². The maximum absolute atomic E-state index is 12.6. The van der Waals surface area contributed by atoms with Crippen LogP contribution in [0.25, 0.3) is 10.8 Å². The molecule has 21 heavy (non-hydrogen) atoms. The molecular formula is C18H10O3. The van der Waals surface area contributed by atoms with Gasteiger partial charge in [-0.15, -0.1) is 0 Å². The highest BCUT2D eigenvalue weighted by Gasteiger charge is 2.29. The van der Waals surface area contributed by atoms with Crippen LogP contribution in [0.1, 0.15) is 31.8 Å². The largest absolute Gasteiger partial charge is 0.507 e. The molecular weight excluding hydrogens is 264 g/mol. The van der Waals surface area contributed by atoms with Gasteiger partial charge in [0.05, 0.1) is 0 Å². The average molecular weight is 274 g/mol. The molecule has 0 bridgehead atoms. The highest BCUT2D eigenvalue weighted by Crippen LogP contribution is 2.33. The lowest BCUT2D eigenvalue weighted by Crippen LogP contribution is -2.20. The van der Waals surface area contributed by atoms with E-state index in [2.05, 4.69) is 0 Å². The number of fused-ring (bicyclic) bond motifs is 3. The number of carbonyl (C=O) groups is 2. The van der Waals surface area contributed by atoms with E-state index in [1.54, 1.807) is 48.5 Å². The quantitative estimate of drug-likeness (QED) is 0.535. The molecule has 0 aromatic heterocycles. The molecule has 3 aromatic carbocycles. The Balaban J connectivity index is 2.09. The molecule has 0 radical (unpaired) electrons. The fraction of sp³-hybridized carbons (Fsp3) is 0. The van der Waals surface area contributed by atoms with Gasteiger partial charge in [0.2, 0.25) is 0 Å². The molecule has 3 heteroatoms. The van der Waals surface area contributed by atoms with E-state index in [0.29, 0.717) is 27.6 Å². The first-order valence-corrected chi connectivity index (χ1v) is 6.61. The minimum absolute atomic E-state index is 0.106. The van der Waals surface area contributed by atoms with E-state index >= 15 is 0 Å². The third-order valence-corrected chi connectivity index (χ3v) is 3.90. The van der Waals surface area contributed by atoms with E-state index in [0.717, 1.165) is 5.39 Å². The van der Waals surface area contributed by atoms with Crippen molar-refractivity contribution in [1.29, 1.82) is 0 Å². The summed E-state index contributed by atoms with van der Waals surface area (Å²) in [5.74, 6) is -0.217. The standard InChI is InChI=1S/C18H10O3/c19-16-7-3-4-10-8-14-15(9-13(10)16)18(21)12-6-2-1-5-11(12)17(14)20/h1-9,19H. The van der Waals surface area contributed by atoms with E-state index < -0.39 is 0 Å². The van der Waals surface area contributed by atoms with Crippen LogP contribution in [-0.2, 0) is 0 Å². The van der Waals surface area contributed by atoms with Crippen molar-refractivity contribution in [3.63, 3.8) is 0 Å². The normalized spacial score (nSPS) is 13.1. The molecule has 0 amide bonds. The van der Waals surface area contributed by atoms with Gasteiger partial charge in [-0.1, -0.05) is 36.4 Å². The molecule has 0 unspecified atom stereocenters. The monoisotopic (exact) mass is 274 g/mol. The zero-order valence-electron chi connectivity index (χ0n) is 11.0. The number of hydrogen-bond donors (Lipinski definition) is 1. The fourth-order valence-electron chi connectivity index (χ4n) is 2.85. The molecule has 1 N–H and O–H groups in total. The lowest BCUT2D eigenvalue weighted by Gasteiger charge is -2.18. The van der Waals surface area contributed by atoms with Gasteiger partial charge < -0.3 is 5.11 Å². The van der Waals surface area contributed by atoms with Gasteiger partial charge in [0, 0.05) is 27.6 Å². The molecule has 0 saturated heterocycles. The summed E-state index contributed by atoms with van der Waals surface area (Å²) in [6, 6.07) is 15.2. The number of carbonyl (C=O) groups excluding carboxylic acids is 2. The number of aromatic hydroxyl groups is 1. The maximum Gasteiger partial charge on any atom is 0.194 e. The molecule has 1 aliphatic rings. The summed E-state index contributed by atoms with van der Waals surface area (Å²) in [5, 5.41) is 11.2. The van der Waals surface area contributed by atoms with Crippen LogP contribution in [-0.4, -0.2) is 16.7 Å². The number of hydrogen-bond acceptors (Lipinski definition) is 3. The first-order chi connectivity index (χ1) is 10.2. The first-order valence-electron chi connectivity index (χ1n) is 6.61. The Morgan fingerprint density at radius 1 is 0.667 bits per heavy atom. The van der Waals surface area contributed by atoms with Crippen LogP contribution in [0.4, 0.5) is 0 Å². The van der Waals surface area contributed by atoms with E-state index in [1.807, 2.05) is 6.07 Å². The van der Waals surface area contributed by atoms with Gasteiger partial charge in [-0.2, -0.15) is 0 Å². The van der Waals surface area contributed by atoms with Gasteiger partial charge in [-0.25, -0.2) is 0 Å². The Bertz CT molecular complexity index is 938. The van der Waals surface area contributed by atoms with Crippen LogP contribution < -0.4 is 0 Å². The summed E-state index contributed by atoms with van der Waals surface area (Å²) in [4.78, 5) is 25.1. The Morgan fingerprint density at radius 3 is 1.95 bits per heavy atom. The minimum atomic E-state index is -0.176. The number of ketones is 2. The van der Waals surface area contributed by atoms with Crippen molar-refractivity contribution in [3.05, 3.63) is 76.9 Å². The highest BCUT2D eigenvalue weighted by atomic mass is 16.3. The molecule has 3 aromatic rings. The summed E-state index contributed by atoms with van der Waals surface area (Å²) >= 11 is 0. The summed E-state index contributed by atoms with van der Waals surface area (Å²) in [6.45, 7) is 0. The highest BCUT2D eigenvalue weighted by molar-refractivity contribution is 6.29. The molecule has 0 heterocycles. The third kappa shape index (κ3) is 1.54. The lowest BCUT2D eigenvalue weighted by molar-refractivity contribution is 0.0979. The van der Waals surface area contributed by atoms with Gasteiger partial charge >= 0.3 is 0 Å². The van der Waals surface area contributed by atoms with Crippen LogP contribution in [0.3, 0.4) is 0 Å². The number of phenols is 1. The number of phenolic OH excluding ortho intramolecular Hbond substituents is 1. The molecule has 0 saturated carbocycles. The Labute approximate surface area is 120 Å². The molecule has 0 atom stereocenters. The second kappa shape index (κ2) is 4.03. The predicted octanol–water partition coefficient (Wildman–Crippen LogP) is 3.32. The van der Waals surface area contributed by atoms with Gasteiger partial charge in [-0.05, 0) is 23.6 Å². The van der Waals surface area contributed by atoms with Crippen molar-refractivity contribution < 1.29 is 14.7 Å². The Morgan fingerprint density at radius 2 is 1.29 bits per heavy atom. The fourth-order valence-corrected chi connectivity index (χ4v) is 2.85. The van der Waals surface area contributed by atoms with Crippen molar-refractivity contribution in [2.24, 2.45) is 0 Å². The van der Waals surface area contributed by atoms with E-state index in [-0.39, 0.29) is 17.3 Å².